The van der Waals surface area contributed by atoms with Crippen molar-refractivity contribution in [2.45, 2.75) is 0 Å². The zero-order valence-electron chi connectivity index (χ0n) is 19.5. The van der Waals surface area contributed by atoms with E-state index in [4.69, 9.17) is 0 Å². The van der Waals surface area contributed by atoms with Crippen molar-refractivity contribution in [3.63, 3.8) is 0 Å². The van der Waals surface area contributed by atoms with E-state index < -0.39 is 0 Å². The molecule has 35 heavy (non-hydrogen) atoms. The lowest BCUT2D eigenvalue weighted by molar-refractivity contribution is 1.17. The van der Waals surface area contributed by atoms with E-state index in [0.29, 0.717) is 0 Å². The van der Waals surface area contributed by atoms with Gasteiger partial charge in [-0.05, 0) is 58.6 Å². The van der Waals surface area contributed by atoms with Gasteiger partial charge in [0, 0.05) is 40.3 Å². The Balaban J connectivity index is 1.36. The molecule has 0 amide bonds. The normalized spacial score (nSPS) is 11.6. The molecule has 0 bridgehead atoms. The predicted molar refractivity (Wildman–Crippen MR) is 150 cm³/mol. The zero-order chi connectivity index (χ0) is 23.4. The van der Waals surface area contributed by atoms with Crippen molar-refractivity contribution in [1.29, 1.82) is 0 Å². The number of fused-ring (bicyclic) bond motifs is 6. The van der Waals surface area contributed by atoms with E-state index >= 15 is 0 Å². The molecule has 0 radical (unpaired) electrons. The molecule has 0 aliphatic rings. The maximum Gasteiger partial charge on any atom is 0.0541 e. The Hall–Kier alpha value is -4.56. The average Bonchev–Trinajstić information content (AvgIpc) is 3.27. The third-order valence-corrected chi connectivity index (χ3v) is 7.18. The summed E-state index contributed by atoms with van der Waals surface area (Å²) in [5.74, 6) is 0. The maximum atomic E-state index is 2.36. The third kappa shape index (κ3) is 3.04. The third-order valence-electron chi connectivity index (χ3n) is 7.18. The molecule has 0 saturated heterocycles. The van der Waals surface area contributed by atoms with Gasteiger partial charge < -0.3 is 9.47 Å². The molecular weight excluding hydrogens is 424 g/mol. The van der Waals surface area contributed by atoms with Crippen LogP contribution in [0.25, 0.3) is 49.0 Å². The van der Waals surface area contributed by atoms with Crippen molar-refractivity contribution in [2.75, 3.05) is 11.9 Å². The lowest BCUT2D eigenvalue weighted by Gasteiger charge is -2.23. The molecule has 2 nitrogen and oxygen atoms in total. The molecule has 0 unspecified atom stereocenters. The fraction of sp³-hybridized carbons (Fsp3) is 0.0303. The number of aromatic nitrogens is 1. The van der Waals surface area contributed by atoms with Crippen molar-refractivity contribution in [3.05, 3.63) is 127 Å². The number of hydrogen-bond acceptors (Lipinski definition) is 1. The first kappa shape index (κ1) is 19.9. The first-order chi connectivity index (χ1) is 17.3. The van der Waals surface area contributed by atoms with Crippen molar-refractivity contribution in [3.8, 4) is 5.69 Å². The van der Waals surface area contributed by atoms with Gasteiger partial charge in [-0.15, -0.1) is 0 Å². The van der Waals surface area contributed by atoms with Gasteiger partial charge in [-0.2, -0.15) is 0 Å². The van der Waals surface area contributed by atoms with Gasteiger partial charge in [-0.3, -0.25) is 0 Å². The molecule has 0 atom stereocenters. The quantitative estimate of drug-likeness (QED) is 0.245. The highest BCUT2D eigenvalue weighted by Crippen LogP contribution is 2.37. The molecule has 6 aromatic carbocycles. The van der Waals surface area contributed by atoms with Gasteiger partial charge in [-0.25, -0.2) is 0 Å². The number of benzene rings is 6. The van der Waals surface area contributed by atoms with Gasteiger partial charge >= 0.3 is 0 Å². The second-order valence-electron chi connectivity index (χ2n) is 9.11. The van der Waals surface area contributed by atoms with Crippen LogP contribution in [0.2, 0.25) is 0 Å². The molecular formula is C33H24N2. The second kappa shape index (κ2) is 7.75. The standard InChI is InChI=1S/C33H24N2/c1-34(33-22-23-10-2-3-11-26(23)27-12-4-5-13-28(27)33)24-18-20-25(21-19-24)35-31-16-8-6-14-29(31)30-15-7-9-17-32(30)35/h2-22H,1H3. The van der Waals surface area contributed by atoms with Crippen LogP contribution < -0.4 is 4.90 Å². The average molecular weight is 449 g/mol. The van der Waals surface area contributed by atoms with Crippen molar-refractivity contribution in [2.24, 2.45) is 0 Å². The number of para-hydroxylation sites is 2. The molecule has 0 spiro atoms. The summed E-state index contributed by atoms with van der Waals surface area (Å²) in [7, 11) is 2.16. The van der Waals surface area contributed by atoms with Gasteiger partial charge in [-0.1, -0.05) is 84.9 Å². The Labute approximate surface area is 204 Å². The largest absolute Gasteiger partial charge is 0.344 e. The summed E-state index contributed by atoms with van der Waals surface area (Å²) in [4.78, 5) is 2.30. The van der Waals surface area contributed by atoms with E-state index in [1.165, 1.54) is 54.7 Å². The molecule has 0 aliphatic heterocycles. The fourth-order valence-corrected chi connectivity index (χ4v) is 5.48. The predicted octanol–water partition coefficient (Wildman–Crippen LogP) is 8.86. The topological polar surface area (TPSA) is 8.17 Å². The number of anilines is 2. The van der Waals surface area contributed by atoms with E-state index in [-0.39, 0.29) is 0 Å². The Kier molecular flexibility index (Phi) is 4.40. The smallest absolute Gasteiger partial charge is 0.0541 e. The highest BCUT2D eigenvalue weighted by molar-refractivity contribution is 6.13. The SMILES string of the molecule is CN(c1ccc(-n2c3ccccc3c3ccccc32)cc1)c1cc2ccccc2c2ccccc12. The molecule has 1 heterocycles. The Morgan fingerprint density at radius 1 is 0.486 bits per heavy atom. The van der Waals surface area contributed by atoms with Crippen LogP contribution in [-0.4, -0.2) is 11.6 Å². The molecule has 1 aromatic heterocycles. The summed E-state index contributed by atoms with van der Waals surface area (Å²) < 4.78 is 2.36. The summed E-state index contributed by atoms with van der Waals surface area (Å²) >= 11 is 0. The summed E-state index contributed by atoms with van der Waals surface area (Å²) in [5, 5.41) is 7.67. The number of rotatable bonds is 3. The van der Waals surface area contributed by atoms with E-state index in [9.17, 15) is 0 Å². The van der Waals surface area contributed by atoms with Crippen LogP contribution in [0.5, 0.6) is 0 Å². The minimum Gasteiger partial charge on any atom is -0.344 e. The maximum absolute atomic E-state index is 2.36. The minimum atomic E-state index is 1.16. The first-order valence-electron chi connectivity index (χ1n) is 12.0. The van der Waals surface area contributed by atoms with Crippen LogP contribution >= 0.6 is 0 Å². The van der Waals surface area contributed by atoms with Crippen LogP contribution in [0, 0.1) is 0 Å². The highest BCUT2D eigenvalue weighted by Gasteiger charge is 2.14. The summed E-state index contributed by atoms with van der Waals surface area (Å²) in [6.45, 7) is 0. The monoisotopic (exact) mass is 448 g/mol. The second-order valence-corrected chi connectivity index (χ2v) is 9.11. The van der Waals surface area contributed by atoms with Crippen LogP contribution in [0.1, 0.15) is 0 Å². The Morgan fingerprint density at radius 2 is 1.00 bits per heavy atom. The van der Waals surface area contributed by atoms with Gasteiger partial charge in [0.25, 0.3) is 0 Å². The first-order valence-corrected chi connectivity index (χ1v) is 12.0. The highest BCUT2D eigenvalue weighted by atomic mass is 15.1. The molecule has 7 rings (SSSR count). The lowest BCUT2D eigenvalue weighted by atomic mass is 9.99. The van der Waals surface area contributed by atoms with Gasteiger partial charge in [0.15, 0.2) is 0 Å². The molecule has 2 heteroatoms. The molecule has 0 saturated carbocycles. The van der Waals surface area contributed by atoms with Gasteiger partial charge in [0.1, 0.15) is 0 Å². The zero-order valence-corrected chi connectivity index (χ0v) is 19.5. The number of nitrogens with zero attached hydrogens (tertiary/aromatic N) is 2. The fourth-order valence-electron chi connectivity index (χ4n) is 5.48. The van der Waals surface area contributed by atoms with E-state index in [1.54, 1.807) is 0 Å². The molecule has 7 aromatic rings. The van der Waals surface area contributed by atoms with Crippen LogP contribution in [0.3, 0.4) is 0 Å². The lowest BCUT2D eigenvalue weighted by Crippen LogP contribution is -2.10. The molecule has 0 aliphatic carbocycles. The van der Waals surface area contributed by atoms with Crippen molar-refractivity contribution >= 4 is 54.7 Å². The van der Waals surface area contributed by atoms with E-state index in [1.807, 2.05) is 0 Å². The summed E-state index contributed by atoms with van der Waals surface area (Å²) in [6.07, 6.45) is 0. The van der Waals surface area contributed by atoms with Crippen molar-refractivity contribution < 1.29 is 0 Å². The summed E-state index contributed by atoms with van der Waals surface area (Å²) in [6, 6.07) is 45.8. The van der Waals surface area contributed by atoms with Crippen LogP contribution in [-0.2, 0) is 0 Å². The van der Waals surface area contributed by atoms with Gasteiger partial charge in [0.05, 0.1) is 11.0 Å². The summed E-state index contributed by atoms with van der Waals surface area (Å²) in [5.41, 5.74) is 6.01. The Morgan fingerprint density at radius 3 is 1.66 bits per heavy atom. The molecule has 166 valence electrons. The van der Waals surface area contributed by atoms with E-state index in [0.717, 1.165) is 5.69 Å². The van der Waals surface area contributed by atoms with E-state index in [2.05, 4.69) is 144 Å². The van der Waals surface area contributed by atoms with Crippen LogP contribution in [0.15, 0.2) is 127 Å². The van der Waals surface area contributed by atoms with Gasteiger partial charge in [0.2, 0.25) is 0 Å². The molecule has 0 fully saturated rings. The Bertz CT molecular complexity index is 1810. The minimum absolute atomic E-state index is 1.16. The van der Waals surface area contributed by atoms with Crippen molar-refractivity contribution in [1.82, 2.24) is 4.57 Å². The van der Waals surface area contributed by atoms with Crippen LogP contribution in [0.4, 0.5) is 11.4 Å². The molecule has 0 N–H and O–H groups in total. The number of hydrogen-bond donors (Lipinski definition) is 0.